The third-order valence-corrected chi connectivity index (χ3v) is 6.44. The van der Waals surface area contributed by atoms with Crippen LogP contribution < -0.4 is 5.73 Å². The lowest BCUT2D eigenvalue weighted by Gasteiger charge is -2.05. The molecule has 0 spiro atoms. The fourth-order valence-electron chi connectivity index (χ4n) is 2.34. The number of nitrogens with zero attached hydrogens (tertiary/aromatic N) is 3. The molecule has 0 aliphatic carbocycles. The second-order valence-corrected chi connectivity index (χ2v) is 8.24. The topological polar surface area (TPSA) is 64.7 Å². The van der Waals surface area contributed by atoms with Crippen molar-refractivity contribution >= 4 is 62.4 Å². The number of thioether (sulfide) groups is 2. The Balaban J connectivity index is 1.73. The standard InChI is InChI=1S/C16H17ClN4S3/c1-3-9-8-24-14-11(9)6-10(19-15(14)17)4-5-23-16-20-12(18)7-13(21-16)22-2/h6-8H,3-5H2,1-2H3,(H2,18,20,21). The van der Waals surface area contributed by atoms with E-state index >= 15 is 0 Å². The summed E-state index contributed by atoms with van der Waals surface area (Å²) in [7, 11) is 0. The first-order valence-corrected chi connectivity index (χ1v) is 10.9. The highest BCUT2D eigenvalue weighted by atomic mass is 35.5. The molecule has 0 unspecified atom stereocenters. The first kappa shape index (κ1) is 17.8. The van der Waals surface area contributed by atoms with Gasteiger partial charge in [0.15, 0.2) is 5.16 Å². The average Bonchev–Trinajstić information content (AvgIpc) is 2.98. The molecular formula is C16H17ClN4S3. The third kappa shape index (κ3) is 3.96. The Morgan fingerprint density at radius 2 is 2.08 bits per heavy atom. The van der Waals surface area contributed by atoms with E-state index in [1.54, 1.807) is 40.9 Å². The van der Waals surface area contributed by atoms with Gasteiger partial charge in [0.2, 0.25) is 0 Å². The maximum Gasteiger partial charge on any atom is 0.190 e. The molecule has 3 aromatic heterocycles. The summed E-state index contributed by atoms with van der Waals surface area (Å²) in [6.45, 7) is 2.16. The molecule has 0 aliphatic heterocycles. The van der Waals surface area contributed by atoms with Crippen molar-refractivity contribution in [3.8, 4) is 0 Å². The van der Waals surface area contributed by atoms with Crippen LogP contribution in [0.2, 0.25) is 5.15 Å². The molecule has 0 aromatic carbocycles. The Labute approximate surface area is 158 Å². The second kappa shape index (κ2) is 7.91. The highest BCUT2D eigenvalue weighted by Crippen LogP contribution is 2.32. The number of anilines is 1. The van der Waals surface area contributed by atoms with Crippen LogP contribution in [0.4, 0.5) is 5.82 Å². The van der Waals surface area contributed by atoms with Crippen LogP contribution in [0.5, 0.6) is 0 Å². The molecule has 0 aliphatic rings. The van der Waals surface area contributed by atoms with E-state index < -0.39 is 0 Å². The monoisotopic (exact) mass is 396 g/mol. The summed E-state index contributed by atoms with van der Waals surface area (Å²) < 4.78 is 1.08. The summed E-state index contributed by atoms with van der Waals surface area (Å²) in [6, 6.07) is 3.94. The van der Waals surface area contributed by atoms with Gasteiger partial charge in [-0.2, -0.15) is 0 Å². The van der Waals surface area contributed by atoms with Crippen molar-refractivity contribution in [2.24, 2.45) is 0 Å². The number of aromatic nitrogens is 3. The Morgan fingerprint density at radius 3 is 2.83 bits per heavy atom. The highest BCUT2D eigenvalue weighted by molar-refractivity contribution is 7.99. The molecule has 0 fully saturated rings. The van der Waals surface area contributed by atoms with Gasteiger partial charge in [0.25, 0.3) is 0 Å². The van der Waals surface area contributed by atoms with Crippen molar-refractivity contribution in [2.75, 3.05) is 17.7 Å². The molecule has 0 bridgehead atoms. The number of hydrogen-bond donors (Lipinski definition) is 1. The van der Waals surface area contributed by atoms with E-state index in [1.165, 1.54) is 10.9 Å². The van der Waals surface area contributed by atoms with Crippen LogP contribution in [0.3, 0.4) is 0 Å². The van der Waals surface area contributed by atoms with Gasteiger partial charge in [0.05, 0.1) is 4.70 Å². The van der Waals surface area contributed by atoms with Crippen LogP contribution >= 0.6 is 46.5 Å². The molecule has 0 saturated heterocycles. The SMILES string of the molecule is CCc1csc2c(Cl)nc(CCSc3nc(N)cc(SC)n3)cc12. The van der Waals surface area contributed by atoms with E-state index in [9.17, 15) is 0 Å². The largest absolute Gasteiger partial charge is 0.384 e. The third-order valence-electron chi connectivity index (χ3n) is 3.53. The maximum absolute atomic E-state index is 6.34. The van der Waals surface area contributed by atoms with Crippen LogP contribution in [0, 0.1) is 0 Å². The lowest BCUT2D eigenvalue weighted by molar-refractivity contribution is 0.898. The number of pyridine rings is 1. The minimum absolute atomic E-state index is 0.505. The van der Waals surface area contributed by atoms with Gasteiger partial charge in [0.1, 0.15) is 16.0 Å². The first-order chi connectivity index (χ1) is 11.6. The molecule has 2 N–H and O–H groups in total. The highest BCUT2D eigenvalue weighted by Gasteiger charge is 2.10. The van der Waals surface area contributed by atoms with Crippen molar-refractivity contribution in [3.05, 3.63) is 33.9 Å². The summed E-state index contributed by atoms with van der Waals surface area (Å²) in [6.07, 6.45) is 3.79. The van der Waals surface area contributed by atoms with Gasteiger partial charge in [0, 0.05) is 22.9 Å². The summed E-state index contributed by atoms with van der Waals surface area (Å²) in [5, 5.41) is 5.59. The van der Waals surface area contributed by atoms with Gasteiger partial charge in [-0.3, -0.25) is 0 Å². The molecule has 8 heteroatoms. The van der Waals surface area contributed by atoms with Crippen LogP contribution in [-0.4, -0.2) is 27.0 Å². The molecule has 126 valence electrons. The predicted molar refractivity (Wildman–Crippen MR) is 107 cm³/mol. The minimum Gasteiger partial charge on any atom is -0.384 e. The van der Waals surface area contributed by atoms with Gasteiger partial charge in [-0.1, -0.05) is 30.3 Å². The van der Waals surface area contributed by atoms with Crippen LogP contribution in [0.25, 0.3) is 10.1 Å². The summed E-state index contributed by atoms with van der Waals surface area (Å²) in [5.41, 5.74) is 8.15. The van der Waals surface area contributed by atoms with Crippen LogP contribution in [0.1, 0.15) is 18.2 Å². The van der Waals surface area contributed by atoms with E-state index in [1.807, 2.05) is 6.26 Å². The van der Waals surface area contributed by atoms with Gasteiger partial charge in [-0.25, -0.2) is 15.0 Å². The number of nitrogens with two attached hydrogens (primary N) is 1. The molecule has 3 heterocycles. The zero-order valence-corrected chi connectivity index (χ0v) is 16.6. The molecule has 4 nitrogen and oxygen atoms in total. The molecule has 24 heavy (non-hydrogen) atoms. The molecule has 0 saturated carbocycles. The van der Waals surface area contributed by atoms with Crippen molar-refractivity contribution in [1.82, 2.24) is 15.0 Å². The zero-order valence-electron chi connectivity index (χ0n) is 13.4. The van der Waals surface area contributed by atoms with Crippen molar-refractivity contribution < 1.29 is 0 Å². The number of aryl methyl sites for hydroxylation is 2. The predicted octanol–water partition coefficient (Wildman–Crippen LogP) is 4.94. The minimum atomic E-state index is 0.505. The van der Waals surface area contributed by atoms with E-state index in [0.717, 1.165) is 34.0 Å². The molecule has 3 aromatic rings. The fourth-order valence-corrected chi connectivity index (χ4v) is 4.99. The van der Waals surface area contributed by atoms with Crippen molar-refractivity contribution in [2.45, 2.75) is 29.9 Å². The molecule has 0 radical (unpaired) electrons. The lowest BCUT2D eigenvalue weighted by atomic mass is 10.1. The molecule has 3 rings (SSSR count). The van der Waals surface area contributed by atoms with E-state index in [0.29, 0.717) is 16.1 Å². The van der Waals surface area contributed by atoms with Gasteiger partial charge >= 0.3 is 0 Å². The summed E-state index contributed by atoms with van der Waals surface area (Å²) in [5.74, 6) is 1.34. The first-order valence-electron chi connectivity index (χ1n) is 7.47. The van der Waals surface area contributed by atoms with Gasteiger partial charge in [-0.15, -0.1) is 23.1 Å². The number of fused-ring (bicyclic) bond motifs is 1. The van der Waals surface area contributed by atoms with Crippen LogP contribution in [-0.2, 0) is 12.8 Å². The zero-order chi connectivity index (χ0) is 17.1. The van der Waals surface area contributed by atoms with E-state index in [2.05, 4.69) is 33.3 Å². The van der Waals surface area contributed by atoms with Crippen molar-refractivity contribution in [3.63, 3.8) is 0 Å². The Hall–Kier alpha value is -1.02. The average molecular weight is 397 g/mol. The Morgan fingerprint density at radius 1 is 1.25 bits per heavy atom. The summed E-state index contributed by atoms with van der Waals surface area (Å²) in [4.78, 5) is 13.3. The maximum atomic E-state index is 6.34. The quantitative estimate of drug-likeness (QED) is 0.275. The Bertz CT molecular complexity index is 866. The lowest BCUT2D eigenvalue weighted by Crippen LogP contribution is -1.98. The van der Waals surface area contributed by atoms with Gasteiger partial charge < -0.3 is 5.73 Å². The molecular weight excluding hydrogens is 380 g/mol. The number of rotatable bonds is 6. The summed E-state index contributed by atoms with van der Waals surface area (Å²) >= 11 is 11.2. The number of thiophene rings is 1. The Kier molecular flexibility index (Phi) is 5.86. The smallest absolute Gasteiger partial charge is 0.190 e. The number of halogens is 1. The number of nitrogen functional groups attached to an aromatic ring is 1. The normalized spacial score (nSPS) is 11.3. The van der Waals surface area contributed by atoms with Gasteiger partial charge in [-0.05, 0) is 36.1 Å². The van der Waals surface area contributed by atoms with Crippen molar-refractivity contribution in [1.29, 1.82) is 0 Å². The van der Waals surface area contributed by atoms with E-state index in [-0.39, 0.29) is 0 Å². The second-order valence-electron chi connectivity index (χ2n) is 5.11. The fraction of sp³-hybridized carbons (Fsp3) is 0.312. The number of hydrogen-bond acceptors (Lipinski definition) is 7. The van der Waals surface area contributed by atoms with Crippen LogP contribution in [0.15, 0.2) is 27.7 Å². The molecule has 0 atom stereocenters. The van der Waals surface area contributed by atoms with E-state index in [4.69, 9.17) is 17.3 Å². The molecule has 0 amide bonds.